The molecule has 0 atom stereocenters. The third-order valence-electron chi connectivity index (χ3n) is 3.80. The van der Waals surface area contributed by atoms with Crippen molar-refractivity contribution >= 4 is 5.82 Å². The van der Waals surface area contributed by atoms with Crippen LogP contribution in [0.4, 0.5) is 5.82 Å². The number of nitrogens with one attached hydrogen (secondary N) is 1. The summed E-state index contributed by atoms with van der Waals surface area (Å²) in [6, 6.07) is 2.74. The van der Waals surface area contributed by atoms with E-state index in [-0.39, 0.29) is 0 Å². The number of anilines is 1. The van der Waals surface area contributed by atoms with Crippen LogP contribution in [-0.2, 0) is 7.05 Å². The first-order valence-corrected chi connectivity index (χ1v) is 6.23. The number of aromatic nitrogens is 2. The lowest BCUT2D eigenvalue weighted by Crippen LogP contribution is -2.30. The molecule has 1 heterocycles. The van der Waals surface area contributed by atoms with Crippen molar-refractivity contribution in [2.45, 2.75) is 52.5 Å². The molecule has 0 aliphatic heterocycles. The van der Waals surface area contributed by atoms with Crippen LogP contribution in [0.15, 0.2) is 6.07 Å². The fourth-order valence-electron chi connectivity index (χ4n) is 2.38. The lowest BCUT2D eigenvalue weighted by molar-refractivity contribution is 0.232. The van der Waals surface area contributed by atoms with Crippen molar-refractivity contribution in [1.29, 1.82) is 0 Å². The molecule has 3 heteroatoms. The van der Waals surface area contributed by atoms with Gasteiger partial charge < -0.3 is 5.32 Å². The molecule has 1 aliphatic carbocycles. The smallest absolute Gasteiger partial charge is 0.148 e. The van der Waals surface area contributed by atoms with Gasteiger partial charge in [-0.15, -0.1) is 0 Å². The highest BCUT2D eigenvalue weighted by molar-refractivity contribution is 5.36. The molecule has 1 N–H and O–H groups in total. The number of nitrogens with zero attached hydrogens (tertiary/aromatic N) is 2. The molecule has 0 saturated heterocycles. The van der Waals surface area contributed by atoms with Crippen molar-refractivity contribution in [3.05, 3.63) is 11.8 Å². The van der Waals surface area contributed by atoms with E-state index < -0.39 is 0 Å². The highest BCUT2D eigenvalue weighted by Gasteiger charge is 2.26. The highest BCUT2D eigenvalue weighted by atomic mass is 15.3. The summed E-state index contributed by atoms with van der Waals surface area (Å²) in [5.74, 6) is 1.03. The lowest BCUT2D eigenvalue weighted by atomic mass is 9.75. The lowest BCUT2D eigenvalue weighted by Gasteiger charge is -2.34. The Hall–Kier alpha value is -0.990. The van der Waals surface area contributed by atoms with Crippen molar-refractivity contribution in [3.8, 4) is 0 Å². The standard InChI is InChI=1S/C13H23N3/c1-10-9-12(15-16(10)4)14-11-5-7-13(2,3)8-6-11/h9,11H,5-8H2,1-4H3,(H,14,15). The normalized spacial score (nSPS) is 21.0. The molecule has 0 bridgehead atoms. The minimum Gasteiger partial charge on any atom is -0.366 e. The minimum atomic E-state index is 0.540. The molecule has 0 radical (unpaired) electrons. The molecule has 0 amide bonds. The predicted molar refractivity (Wildman–Crippen MR) is 67.6 cm³/mol. The van der Waals surface area contributed by atoms with Crippen molar-refractivity contribution < 1.29 is 0 Å². The molecule has 3 nitrogen and oxygen atoms in total. The molecule has 16 heavy (non-hydrogen) atoms. The van der Waals surface area contributed by atoms with E-state index in [4.69, 9.17) is 0 Å². The van der Waals surface area contributed by atoms with Crippen molar-refractivity contribution in [3.63, 3.8) is 0 Å². The minimum absolute atomic E-state index is 0.540. The molecular formula is C13H23N3. The molecule has 1 aromatic heterocycles. The zero-order valence-electron chi connectivity index (χ0n) is 10.9. The third kappa shape index (κ3) is 2.57. The maximum absolute atomic E-state index is 4.45. The van der Waals surface area contributed by atoms with E-state index >= 15 is 0 Å². The summed E-state index contributed by atoms with van der Waals surface area (Å²) >= 11 is 0. The second-order valence-electron chi connectivity index (χ2n) is 5.88. The summed E-state index contributed by atoms with van der Waals surface area (Å²) in [5.41, 5.74) is 1.75. The second-order valence-corrected chi connectivity index (χ2v) is 5.88. The van der Waals surface area contributed by atoms with Gasteiger partial charge in [0.15, 0.2) is 0 Å². The third-order valence-corrected chi connectivity index (χ3v) is 3.80. The van der Waals surface area contributed by atoms with Gasteiger partial charge in [-0.1, -0.05) is 13.8 Å². The van der Waals surface area contributed by atoms with Gasteiger partial charge in [-0.05, 0) is 38.0 Å². The summed E-state index contributed by atoms with van der Waals surface area (Å²) in [6.45, 7) is 6.82. The molecule has 1 aromatic rings. The fraction of sp³-hybridized carbons (Fsp3) is 0.769. The Balaban J connectivity index is 1.92. The zero-order valence-corrected chi connectivity index (χ0v) is 10.9. The van der Waals surface area contributed by atoms with Gasteiger partial charge in [-0.3, -0.25) is 4.68 Å². The topological polar surface area (TPSA) is 29.9 Å². The Morgan fingerprint density at radius 2 is 2.00 bits per heavy atom. The average molecular weight is 221 g/mol. The van der Waals surface area contributed by atoms with Gasteiger partial charge >= 0.3 is 0 Å². The summed E-state index contributed by atoms with van der Waals surface area (Å²) in [6.07, 6.45) is 5.16. The monoisotopic (exact) mass is 221 g/mol. The highest BCUT2D eigenvalue weighted by Crippen LogP contribution is 2.35. The largest absolute Gasteiger partial charge is 0.366 e. The van der Waals surface area contributed by atoms with Crippen LogP contribution in [0.2, 0.25) is 0 Å². The van der Waals surface area contributed by atoms with Crippen molar-refractivity contribution in [2.75, 3.05) is 5.32 Å². The van der Waals surface area contributed by atoms with Crippen LogP contribution < -0.4 is 5.32 Å². The molecule has 1 saturated carbocycles. The van der Waals surface area contributed by atoms with Crippen LogP contribution in [0, 0.1) is 12.3 Å². The predicted octanol–water partition coefficient (Wildman–Crippen LogP) is 3.11. The molecule has 1 fully saturated rings. The van der Waals surface area contributed by atoms with Crippen molar-refractivity contribution in [1.82, 2.24) is 9.78 Å². The Bertz CT molecular complexity index is 336. The van der Waals surface area contributed by atoms with Crippen LogP contribution in [0.3, 0.4) is 0 Å². The Kier molecular flexibility index (Phi) is 2.96. The average Bonchev–Trinajstić information content (AvgIpc) is 2.50. The Morgan fingerprint density at radius 1 is 1.38 bits per heavy atom. The van der Waals surface area contributed by atoms with E-state index in [1.807, 2.05) is 11.7 Å². The maximum Gasteiger partial charge on any atom is 0.148 e. The number of rotatable bonds is 2. The molecular weight excluding hydrogens is 198 g/mol. The van der Waals surface area contributed by atoms with Gasteiger partial charge in [-0.2, -0.15) is 5.10 Å². The molecule has 0 spiro atoms. The van der Waals surface area contributed by atoms with Crippen LogP contribution in [0.1, 0.15) is 45.2 Å². The first kappa shape index (κ1) is 11.5. The Morgan fingerprint density at radius 3 is 2.50 bits per heavy atom. The number of aryl methyl sites for hydroxylation is 2. The van der Waals surface area contributed by atoms with E-state index in [9.17, 15) is 0 Å². The molecule has 2 rings (SSSR count). The Labute approximate surface area is 98.2 Å². The van der Waals surface area contributed by atoms with E-state index in [2.05, 4.69) is 37.3 Å². The van der Waals surface area contributed by atoms with Gasteiger partial charge in [0.25, 0.3) is 0 Å². The van der Waals surface area contributed by atoms with Crippen LogP contribution >= 0.6 is 0 Å². The number of hydrogen-bond donors (Lipinski definition) is 1. The van der Waals surface area contributed by atoms with E-state index in [1.165, 1.54) is 31.4 Å². The van der Waals surface area contributed by atoms with Gasteiger partial charge in [0.1, 0.15) is 5.82 Å². The van der Waals surface area contributed by atoms with E-state index in [0.29, 0.717) is 11.5 Å². The molecule has 0 aromatic carbocycles. The molecule has 90 valence electrons. The van der Waals surface area contributed by atoms with Gasteiger partial charge in [-0.25, -0.2) is 0 Å². The zero-order chi connectivity index (χ0) is 11.8. The van der Waals surface area contributed by atoms with E-state index in [0.717, 1.165) is 5.82 Å². The van der Waals surface area contributed by atoms with Crippen LogP contribution in [-0.4, -0.2) is 15.8 Å². The van der Waals surface area contributed by atoms with Crippen LogP contribution in [0.25, 0.3) is 0 Å². The fourth-order valence-corrected chi connectivity index (χ4v) is 2.38. The summed E-state index contributed by atoms with van der Waals surface area (Å²) in [4.78, 5) is 0. The molecule has 0 unspecified atom stereocenters. The second kappa shape index (κ2) is 4.11. The maximum atomic E-state index is 4.45. The van der Waals surface area contributed by atoms with Gasteiger partial charge in [0.05, 0.1) is 0 Å². The SMILES string of the molecule is Cc1cc(NC2CCC(C)(C)CC2)nn1C. The van der Waals surface area contributed by atoms with Gasteiger partial charge in [0.2, 0.25) is 0 Å². The first-order valence-electron chi connectivity index (χ1n) is 6.23. The van der Waals surface area contributed by atoms with E-state index in [1.54, 1.807) is 0 Å². The molecule has 1 aliphatic rings. The summed E-state index contributed by atoms with van der Waals surface area (Å²) in [5, 5.41) is 7.99. The summed E-state index contributed by atoms with van der Waals surface area (Å²) < 4.78 is 1.93. The first-order chi connectivity index (χ1) is 7.46. The van der Waals surface area contributed by atoms with Crippen LogP contribution in [0.5, 0.6) is 0 Å². The number of hydrogen-bond acceptors (Lipinski definition) is 2. The van der Waals surface area contributed by atoms with Gasteiger partial charge in [0, 0.05) is 24.8 Å². The van der Waals surface area contributed by atoms with Crippen molar-refractivity contribution in [2.24, 2.45) is 12.5 Å². The summed E-state index contributed by atoms with van der Waals surface area (Å²) in [7, 11) is 1.99. The quantitative estimate of drug-likeness (QED) is 0.831.